The van der Waals surface area contributed by atoms with Gasteiger partial charge in [0.2, 0.25) is 11.8 Å². The van der Waals surface area contributed by atoms with Crippen molar-refractivity contribution in [1.82, 2.24) is 10.6 Å². The molecule has 0 unspecified atom stereocenters. The zero-order valence-corrected chi connectivity index (χ0v) is 15.4. The van der Waals surface area contributed by atoms with Crippen LogP contribution in [0.15, 0.2) is 34.5 Å². The van der Waals surface area contributed by atoms with Gasteiger partial charge in [-0.25, -0.2) is 0 Å². The van der Waals surface area contributed by atoms with Gasteiger partial charge in [0.15, 0.2) is 0 Å². The van der Waals surface area contributed by atoms with E-state index in [2.05, 4.69) is 17.6 Å². The van der Waals surface area contributed by atoms with Crippen LogP contribution in [0.25, 0.3) is 0 Å². The molecule has 0 saturated heterocycles. The van der Waals surface area contributed by atoms with Crippen molar-refractivity contribution in [3.05, 3.63) is 35.8 Å². The number of carbonyl (C=O) groups is 2. The van der Waals surface area contributed by atoms with Crippen molar-refractivity contribution in [1.29, 1.82) is 0 Å². The van der Waals surface area contributed by atoms with Crippen LogP contribution in [0.5, 0.6) is 0 Å². The van der Waals surface area contributed by atoms with E-state index in [1.165, 1.54) is 44.1 Å². The van der Waals surface area contributed by atoms with E-state index in [0.29, 0.717) is 12.3 Å². The van der Waals surface area contributed by atoms with Gasteiger partial charge in [-0.1, -0.05) is 5.57 Å². The summed E-state index contributed by atoms with van der Waals surface area (Å²) in [4.78, 5) is 24.2. The Morgan fingerprint density at radius 1 is 1.15 bits per heavy atom. The van der Waals surface area contributed by atoms with Gasteiger partial charge in [0.1, 0.15) is 5.76 Å². The number of rotatable bonds is 6. The van der Waals surface area contributed by atoms with Crippen molar-refractivity contribution in [2.24, 2.45) is 23.2 Å². The van der Waals surface area contributed by atoms with Gasteiger partial charge in [0.05, 0.1) is 19.4 Å². The summed E-state index contributed by atoms with van der Waals surface area (Å²) in [6.07, 6.45) is 11.3. The first-order valence-corrected chi connectivity index (χ1v) is 9.78. The lowest BCUT2D eigenvalue weighted by molar-refractivity contribution is -0.124. The zero-order chi connectivity index (χ0) is 18.1. The largest absolute Gasteiger partial charge is 0.467 e. The molecule has 0 radical (unpaired) electrons. The van der Waals surface area contributed by atoms with Crippen LogP contribution in [0.3, 0.4) is 0 Å². The summed E-state index contributed by atoms with van der Waals surface area (Å²) in [5.74, 6) is 2.91. The van der Waals surface area contributed by atoms with E-state index in [4.69, 9.17) is 4.42 Å². The Balaban J connectivity index is 1.29. The van der Waals surface area contributed by atoms with Crippen LogP contribution >= 0.6 is 0 Å². The number of furan rings is 1. The van der Waals surface area contributed by atoms with E-state index in [1.54, 1.807) is 24.5 Å². The van der Waals surface area contributed by atoms with Crippen LogP contribution in [0.1, 0.15) is 51.2 Å². The third-order valence-electron chi connectivity index (χ3n) is 6.69. The fraction of sp³-hybridized carbons (Fsp3) is 0.619. The zero-order valence-electron chi connectivity index (χ0n) is 15.4. The second-order valence-electron chi connectivity index (χ2n) is 8.60. The summed E-state index contributed by atoms with van der Waals surface area (Å²) in [6, 6.07) is 3.58. The molecule has 2 amide bonds. The molecule has 26 heavy (non-hydrogen) atoms. The first kappa shape index (κ1) is 17.4. The smallest absolute Gasteiger partial charge is 0.244 e. The maximum atomic E-state index is 12.3. The van der Waals surface area contributed by atoms with Gasteiger partial charge in [0, 0.05) is 6.08 Å². The Morgan fingerprint density at radius 2 is 1.81 bits per heavy atom. The number of nitrogens with one attached hydrogen (secondary N) is 2. The molecule has 0 aliphatic heterocycles. The van der Waals surface area contributed by atoms with Crippen LogP contribution in [0.4, 0.5) is 0 Å². The molecule has 1 aromatic heterocycles. The van der Waals surface area contributed by atoms with Crippen LogP contribution in [0, 0.1) is 23.2 Å². The minimum absolute atomic E-state index is 0.00973. The molecule has 5 heteroatoms. The van der Waals surface area contributed by atoms with E-state index in [1.807, 2.05) is 0 Å². The lowest BCUT2D eigenvalue weighted by atomic mass is 9.48. The molecule has 0 spiro atoms. The summed E-state index contributed by atoms with van der Waals surface area (Å²) in [5.41, 5.74) is 1.46. The SMILES string of the molecule is C/C(=C\C(=O)NCC(=O)NCc1ccco1)C12CC3CC(CC(C3)C1)C2. The minimum Gasteiger partial charge on any atom is -0.467 e. The van der Waals surface area contributed by atoms with E-state index in [9.17, 15) is 9.59 Å². The van der Waals surface area contributed by atoms with Gasteiger partial charge in [-0.15, -0.1) is 0 Å². The number of hydrogen-bond donors (Lipinski definition) is 2. The molecular weight excluding hydrogens is 328 g/mol. The van der Waals surface area contributed by atoms with Crippen LogP contribution in [0.2, 0.25) is 0 Å². The molecule has 4 fully saturated rings. The summed E-state index contributed by atoms with van der Waals surface area (Å²) in [7, 11) is 0. The highest BCUT2D eigenvalue weighted by Crippen LogP contribution is 2.62. The highest BCUT2D eigenvalue weighted by atomic mass is 16.3. The number of allylic oxidation sites excluding steroid dienone is 1. The molecule has 1 heterocycles. The summed E-state index contributed by atoms with van der Waals surface area (Å²) < 4.78 is 5.17. The predicted octanol–water partition coefficient (Wildman–Crippen LogP) is 3.17. The van der Waals surface area contributed by atoms with Crippen molar-refractivity contribution in [3.8, 4) is 0 Å². The van der Waals surface area contributed by atoms with Gasteiger partial charge >= 0.3 is 0 Å². The molecule has 5 rings (SSSR count). The lowest BCUT2D eigenvalue weighted by Crippen LogP contribution is -2.46. The molecule has 4 aliphatic carbocycles. The van der Waals surface area contributed by atoms with Crippen molar-refractivity contribution in [2.45, 2.75) is 52.0 Å². The maximum Gasteiger partial charge on any atom is 0.244 e. The first-order valence-electron chi connectivity index (χ1n) is 9.78. The van der Waals surface area contributed by atoms with E-state index in [-0.39, 0.29) is 23.8 Å². The molecule has 4 bridgehead atoms. The fourth-order valence-corrected chi connectivity index (χ4v) is 5.82. The second-order valence-corrected chi connectivity index (χ2v) is 8.60. The predicted molar refractivity (Wildman–Crippen MR) is 97.9 cm³/mol. The summed E-state index contributed by atoms with van der Waals surface area (Å²) in [6.45, 7) is 2.44. The summed E-state index contributed by atoms with van der Waals surface area (Å²) >= 11 is 0. The normalized spacial score (nSPS) is 32.5. The fourth-order valence-electron chi connectivity index (χ4n) is 5.82. The van der Waals surface area contributed by atoms with Crippen molar-refractivity contribution in [3.63, 3.8) is 0 Å². The van der Waals surface area contributed by atoms with E-state index in [0.717, 1.165) is 17.8 Å². The monoisotopic (exact) mass is 356 g/mol. The standard InChI is InChI=1S/C21H28N2O3/c1-14(21-9-15-6-16(10-21)8-17(7-15)11-21)5-19(24)23-13-20(25)22-12-18-3-2-4-26-18/h2-5,15-17H,6-13H2,1H3,(H,22,25)(H,23,24)/b14-5+. The van der Waals surface area contributed by atoms with Gasteiger partial charge in [-0.3, -0.25) is 9.59 Å². The topological polar surface area (TPSA) is 71.3 Å². The average molecular weight is 356 g/mol. The molecule has 4 aliphatic rings. The lowest BCUT2D eigenvalue weighted by Gasteiger charge is -2.57. The third kappa shape index (κ3) is 3.57. The molecule has 0 aromatic carbocycles. The highest BCUT2D eigenvalue weighted by Gasteiger charge is 2.51. The van der Waals surface area contributed by atoms with Gasteiger partial charge < -0.3 is 15.1 Å². The van der Waals surface area contributed by atoms with Crippen molar-refractivity contribution in [2.75, 3.05) is 6.54 Å². The van der Waals surface area contributed by atoms with Gasteiger partial charge in [-0.2, -0.15) is 0 Å². The molecule has 1 aromatic rings. The highest BCUT2D eigenvalue weighted by molar-refractivity contribution is 5.91. The van der Waals surface area contributed by atoms with Gasteiger partial charge in [-0.05, 0) is 80.8 Å². The average Bonchev–Trinajstić information content (AvgIpc) is 3.10. The van der Waals surface area contributed by atoms with Crippen molar-refractivity contribution < 1.29 is 14.0 Å². The minimum atomic E-state index is -0.212. The quantitative estimate of drug-likeness (QED) is 0.769. The van der Waals surface area contributed by atoms with E-state index < -0.39 is 0 Å². The van der Waals surface area contributed by atoms with Crippen LogP contribution < -0.4 is 10.6 Å². The molecule has 5 nitrogen and oxygen atoms in total. The van der Waals surface area contributed by atoms with Crippen LogP contribution in [-0.4, -0.2) is 18.4 Å². The maximum absolute atomic E-state index is 12.3. The molecule has 2 N–H and O–H groups in total. The second kappa shape index (κ2) is 6.93. The van der Waals surface area contributed by atoms with Crippen molar-refractivity contribution >= 4 is 11.8 Å². The molecule has 0 atom stereocenters. The number of amides is 2. The number of hydrogen-bond acceptors (Lipinski definition) is 3. The Hall–Kier alpha value is -2.04. The Morgan fingerprint density at radius 3 is 2.38 bits per heavy atom. The Kier molecular flexibility index (Phi) is 4.63. The number of carbonyl (C=O) groups excluding carboxylic acids is 2. The Bertz CT molecular complexity index is 670. The molecular formula is C21H28N2O3. The van der Waals surface area contributed by atoms with E-state index >= 15 is 0 Å². The first-order chi connectivity index (χ1) is 12.5. The van der Waals surface area contributed by atoms with Crippen LogP contribution in [-0.2, 0) is 16.1 Å². The molecule has 140 valence electrons. The summed E-state index contributed by atoms with van der Waals surface area (Å²) in [5, 5.41) is 5.45. The van der Waals surface area contributed by atoms with Gasteiger partial charge in [0.25, 0.3) is 0 Å². The Labute approximate surface area is 154 Å². The molecule has 4 saturated carbocycles. The third-order valence-corrected chi connectivity index (χ3v) is 6.69.